The Kier molecular flexibility index (Phi) is 4.87. The number of hydrogen-bond acceptors (Lipinski definition) is 3. The van der Waals surface area contributed by atoms with Crippen LogP contribution in [0, 0.1) is 0 Å². The van der Waals surface area contributed by atoms with Crippen LogP contribution in [0.1, 0.15) is 16.1 Å². The first kappa shape index (κ1) is 17.0. The van der Waals surface area contributed by atoms with Crippen LogP contribution in [-0.2, 0) is 12.8 Å². The maximum absolute atomic E-state index is 4.87. The monoisotopic (exact) mass is 361 g/mol. The highest BCUT2D eigenvalue weighted by molar-refractivity contribution is 7.10. The zero-order chi connectivity index (χ0) is 17.9. The summed E-state index contributed by atoms with van der Waals surface area (Å²) in [4.78, 5) is 10.5. The van der Waals surface area contributed by atoms with Crippen LogP contribution in [0.25, 0.3) is 22.2 Å². The van der Waals surface area contributed by atoms with E-state index in [0.717, 1.165) is 30.1 Å². The molecule has 2 heterocycles. The third-order valence-electron chi connectivity index (χ3n) is 4.64. The molecular weight excluding hydrogens is 338 g/mol. The normalized spacial score (nSPS) is 11.5. The molecule has 1 N–H and O–H groups in total. The zero-order valence-electron chi connectivity index (χ0n) is 15.2. The maximum Gasteiger partial charge on any atom is 0.0976 e. The van der Waals surface area contributed by atoms with Gasteiger partial charge in [-0.2, -0.15) is 0 Å². The van der Waals surface area contributed by atoms with E-state index in [1.807, 2.05) is 0 Å². The zero-order valence-corrected chi connectivity index (χ0v) is 16.0. The Hall–Kier alpha value is -2.43. The molecule has 3 nitrogen and oxygen atoms in total. The molecule has 0 aliphatic heterocycles. The lowest BCUT2D eigenvalue weighted by atomic mass is 10.1. The summed E-state index contributed by atoms with van der Waals surface area (Å²) in [6, 6.07) is 17.1. The number of aromatic amines is 1. The maximum atomic E-state index is 4.87. The number of nitrogens with zero attached hydrogens (tertiary/aromatic N) is 2. The Balaban J connectivity index is 1.59. The third-order valence-corrected chi connectivity index (χ3v) is 5.49. The lowest BCUT2D eigenvalue weighted by Gasteiger charge is -2.08. The highest BCUT2D eigenvalue weighted by Gasteiger charge is 2.09. The van der Waals surface area contributed by atoms with Crippen LogP contribution in [-0.4, -0.2) is 35.5 Å². The average molecular weight is 362 g/mol. The van der Waals surface area contributed by atoms with Crippen LogP contribution in [0.3, 0.4) is 0 Å². The third kappa shape index (κ3) is 3.71. The highest BCUT2D eigenvalue weighted by Crippen LogP contribution is 2.28. The van der Waals surface area contributed by atoms with Crippen LogP contribution in [0.15, 0.2) is 60.1 Å². The molecule has 0 atom stereocenters. The van der Waals surface area contributed by atoms with Crippen molar-refractivity contribution in [2.45, 2.75) is 12.8 Å². The van der Waals surface area contributed by atoms with Crippen molar-refractivity contribution in [3.05, 3.63) is 76.2 Å². The molecule has 0 spiro atoms. The van der Waals surface area contributed by atoms with Gasteiger partial charge < -0.3 is 9.88 Å². The molecule has 0 fully saturated rings. The van der Waals surface area contributed by atoms with Gasteiger partial charge in [-0.25, -0.2) is 4.98 Å². The van der Waals surface area contributed by atoms with E-state index >= 15 is 0 Å². The quantitative estimate of drug-likeness (QED) is 0.525. The van der Waals surface area contributed by atoms with E-state index < -0.39 is 0 Å². The second-order valence-corrected chi connectivity index (χ2v) is 7.86. The van der Waals surface area contributed by atoms with Gasteiger partial charge in [0.25, 0.3) is 0 Å². The van der Waals surface area contributed by atoms with Crippen molar-refractivity contribution in [1.29, 1.82) is 0 Å². The van der Waals surface area contributed by atoms with E-state index in [1.165, 1.54) is 27.6 Å². The van der Waals surface area contributed by atoms with E-state index in [1.54, 1.807) is 11.3 Å². The highest BCUT2D eigenvalue weighted by atomic mass is 32.1. The van der Waals surface area contributed by atoms with Crippen molar-refractivity contribution in [2.24, 2.45) is 0 Å². The van der Waals surface area contributed by atoms with Crippen LogP contribution in [0.2, 0.25) is 0 Å². The summed E-state index contributed by atoms with van der Waals surface area (Å²) in [5.41, 5.74) is 6.14. The van der Waals surface area contributed by atoms with Crippen molar-refractivity contribution < 1.29 is 0 Å². The van der Waals surface area contributed by atoms with E-state index in [4.69, 9.17) is 4.98 Å². The van der Waals surface area contributed by atoms with Gasteiger partial charge in [0, 0.05) is 41.0 Å². The summed E-state index contributed by atoms with van der Waals surface area (Å²) in [7, 11) is 4.23. The van der Waals surface area contributed by atoms with E-state index in [2.05, 4.69) is 84.1 Å². The Morgan fingerprint density at radius 3 is 2.73 bits per heavy atom. The molecule has 0 radical (unpaired) electrons. The van der Waals surface area contributed by atoms with Gasteiger partial charge >= 0.3 is 0 Å². The fraction of sp³-hybridized carbons (Fsp3) is 0.227. The Bertz CT molecular complexity index is 999. The molecule has 2 aromatic heterocycles. The summed E-state index contributed by atoms with van der Waals surface area (Å²) in [5, 5.41) is 4.64. The molecule has 132 valence electrons. The minimum Gasteiger partial charge on any atom is -0.361 e. The van der Waals surface area contributed by atoms with Gasteiger partial charge in [-0.15, -0.1) is 11.3 Å². The summed E-state index contributed by atoms with van der Waals surface area (Å²) in [5.74, 6) is 0. The summed E-state index contributed by atoms with van der Waals surface area (Å²) >= 11 is 1.74. The number of fused-ring (bicyclic) bond motifs is 1. The van der Waals surface area contributed by atoms with E-state index in [-0.39, 0.29) is 0 Å². The van der Waals surface area contributed by atoms with Gasteiger partial charge in [0.15, 0.2) is 0 Å². The van der Waals surface area contributed by atoms with E-state index in [9.17, 15) is 0 Å². The van der Waals surface area contributed by atoms with Crippen LogP contribution >= 0.6 is 11.3 Å². The van der Waals surface area contributed by atoms with Crippen molar-refractivity contribution in [1.82, 2.24) is 14.9 Å². The van der Waals surface area contributed by atoms with Gasteiger partial charge in [0.05, 0.1) is 10.7 Å². The van der Waals surface area contributed by atoms with Gasteiger partial charge in [-0.05, 0) is 43.8 Å². The standard InChI is InChI=1S/C22H23N3S/c1-25(2)11-10-18-14-23-20-9-8-17(13-19(18)20)21-15-26-22(24-21)12-16-6-4-3-5-7-16/h3-9,13-15,23H,10-12H2,1-2H3. The van der Waals surface area contributed by atoms with Crippen molar-refractivity contribution in [3.63, 3.8) is 0 Å². The molecule has 4 rings (SSSR count). The first-order valence-corrected chi connectivity index (χ1v) is 9.80. The number of likely N-dealkylation sites (N-methyl/N-ethyl adjacent to an activating group) is 1. The number of nitrogens with one attached hydrogen (secondary N) is 1. The fourth-order valence-corrected chi connectivity index (χ4v) is 4.02. The first-order valence-electron chi connectivity index (χ1n) is 8.92. The molecule has 26 heavy (non-hydrogen) atoms. The average Bonchev–Trinajstić information content (AvgIpc) is 3.27. The molecule has 0 bridgehead atoms. The molecule has 0 saturated carbocycles. The lowest BCUT2D eigenvalue weighted by molar-refractivity contribution is 0.414. The topological polar surface area (TPSA) is 31.9 Å². The Morgan fingerprint density at radius 1 is 1.08 bits per heavy atom. The predicted octanol–water partition coefficient (Wildman–Crippen LogP) is 4.99. The number of rotatable bonds is 6. The molecule has 0 aliphatic rings. The van der Waals surface area contributed by atoms with Gasteiger partial charge in [0.2, 0.25) is 0 Å². The second kappa shape index (κ2) is 7.44. The SMILES string of the molecule is CN(C)CCc1c[nH]c2ccc(-c3csc(Cc4ccccc4)n3)cc12. The molecule has 4 aromatic rings. The summed E-state index contributed by atoms with van der Waals surface area (Å²) in [6.07, 6.45) is 4.08. The predicted molar refractivity (Wildman–Crippen MR) is 111 cm³/mol. The van der Waals surface area contributed by atoms with Crippen molar-refractivity contribution >= 4 is 22.2 Å². The first-order chi connectivity index (χ1) is 12.7. The van der Waals surface area contributed by atoms with Gasteiger partial charge in [-0.3, -0.25) is 0 Å². The molecule has 0 aliphatic carbocycles. The lowest BCUT2D eigenvalue weighted by Crippen LogP contribution is -2.14. The molecular formula is C22H23N3S. The van der Waals surface area contributed by atoms with Crippen molar-refractivity contribution in [2.75, 3.05) is 20.6 Å². The smallest absolute Gasteiger partial charge is 0.0976 e. The van der Waals surface area contributed by atoms with Gasteiger partial charge in [-0.1, -0.05) is 36.4 Å². The summed E-state index contributed by atoms with van der Waals surface area (Å²) in [6.45, 7) is 1.05. The van der Waals surface area contributed by atoms with Crippen molar-refractivity contribution in [3.8, 4) is 11.3 Å². The second-order valence-electron chi connectivity index (χ2n) is 6.92. The summed E-state index contributed by atoms with van der Waals surface area (Å²) < 4.78 is 0. The van der Waals surface area contributed by atoms with Gasteiger partial charge in [0.1, 0.15) is 0 Å². The number of hydrogen-bond donors (Lipinski definition) is 1. The Labute approximate surface area is 158 Å². The molecule has 0 saturated heterocycles. The Morgan fingerprint density at radius 2 is 1.92 bits per heavy atom. The molecule has 0 amide bonds. The minimum atomic E-state index is 0.895. The van der Waals surface area contributed by atoms with E-state index in [0.29, 0.717) is 0 Å². The molecule has 2 aromatic carbocycles. The largest absolute Gasteiger partial charge is 0.361 e. The number of aromatic nitrogens is 2. The minimum absolute atomic E-state index is 0.895. The molecule has 4 heteroatoms. The number of H-pyrrole nitrogens is 1. The number of thiazole rings is 1. The van der Waals surface area contributed by atoms with Crippen LogP contribution < -0.4 is 0 Å². The van der Waals surface area contributed by atoms with Crippen LogP contribution in [0.5, 0.6) is 0 Å². The fourth-order valence-electron chi connectivity index (χ4n) is 3.18. The molecule has 0 unspecified atom stereocenters. The number of benzene rings is 2. The van der Waals surface area contributed by atoms with Crippen LogP contribution in [0.4, 0.5) is 0 Å².